The first-order valence-electron chi connectivity index (χ1n) is 4.66. The first-order valence-corrected chi connectivity index (χ1v) is 4.66. The standard InChI is InChI=1S/C9H11FO5/c1-3(11)15-5-2-4(12)6-7(5)9(6,10)8(13)14/h4-7,12H,2H2,1H3,(H,13,14)/t4-,5+,6+,7-,9+/m1/s1. The number of ether oxygens (including phenoxy) is 1. The highest BCUT2D eigenvalue weighted by Crippen LogP contribution is 2.64. The summed E-state index contributed by atoms with van der Waals surface area (Å²) in [4.78, 5) is 21.3. The number of carbonyl (C=O) groups is 2. The zero-order valence-electron chi connectivity index (χ0n) is 8.01. The molecule has 0 spiro atoms. The molecule has 0 unspecified atom stereocenters. The minimum absolute atomic E-state index is 0.119. The first kappa shape index (κ1) is 10.4. The Balaban J connectivity index is 2.14. The van der Waals surface area contributed by atoms with Crippen molar-refractivity contribution in [3.63, 3.8) is 0 Å². The monoisotopic (exact) mass is 218 g/mol. The summed E-state index contributed by atoms with van der Waals surface area (Å²) in [5.74, 6) is -4.01. The van der Waals surface area contributed by atoms with Crippen LogP contribution in [0.4, 0.5) is 4.39 Å². The molecule has 0 saturated heterocycles. The molecule has 15 heavy (non-hydrogen) atoms. The number of fused-ring (bicyclic) bond motifs is 1. The van der Waals surface area contributed by atoms with Gasteiger partial charge in [-0.15, -0.1) is 0 Å². The molecular formula is C9H11FO5. The molecule has 2 N–H and O–H groups in total. The second-order valence-corrected chi connectivity index (χ2v) is 4.08. The van der Waals surface area contributed by atoms with Gasteiger partial charge in [0, 0.05) is 19.3 Å². The van der Waals surface area contributed by atoms with Crippen LogP contribution < -0.4 is 0 Å². The van der Waals surface area contributed by atoms with Crippen LogP contribution in [0.25, 0.3) is 0 Å². The minimum atomic E-state index is -2.42. The fraction of sp³-hybridized carbons (Fsp3) is 0.778. The fourth-order valence-corrected chi connectivity index (χ4v) is 2.58. The summed E-state index contributed by atoms with van der Waals surface area (Å²) in [5, 5.41) is 18.1. The van der Waals surface area contributed by atoms with Crippen LogP contribution in [0.15, 0.2) is 0 Å². The van der Waals surface area contributed by atoms with Crippen LogP contribution in [0.1, 0.15) is 13.3 Å². The molecule has 0 aromatic heterocycles. The van der Waals surface area contributed by atoms with Crippen LogP contribution >= 0.6 is 0 Å². The smallest absolute Gasteiger partial charge is 0.342 e. The lowest BCUT2D eigenvalue weighted by atomic mass is 10.1. The number of rotatable bonds is 2. The zero-order chi connectivity index (χ0) is 11.4. The number of alkyl halides is 1. The average molecular weight is 218 g/mol. The molecule has 2 aliphatic carbocycles. The van der Waals surface area contributed by atoms with Crippen molar-refractivity contribution in [1.82, 2.24) is 0 Å². The lowest BCUT2D eigenvalue weighted by molar-refractivity contribution is -0.154. The van der Waals surface area contributed by atoms with Crippen LogP contribution in [0, 0.1) is 11.8 Å². The van der Waals surface area contributed by atoms with Gasteiger partial charge in [-0.1, -0.05) is 0 Å². The third-order valence-corrected chi connectivity index (χ3v) is 3.18. The maximum absolute atomic E-state index is 13.7. The van der Waals surface area contributed by atoms with Gasteiger partial charge < -0.3 is 14.9 Å². The van der Waals surface area contributed by atoms with E-state index in [0.29, 0.717) is 0 Å². The van der Waals surface area contributed by atoms with Crippen molar-refractivity contribution >= 4 is 11.9 Å². The van der Waals surface area contributed by atoms with E-state index < -0.39 is 41.7 Å². The molecule has 0 radical (unpaired) electrons. The Bertz CT molecular complexity index is 330. The van der Waals surface area contributed by atoms with Gasteiger partial charge in [0.05, 0.1) is 12.0 Å². The molecule has 0 bridgehead atoms. The Morgan fingerprint density at radius 1 is 1.47 bits per heavy atom. The van der Waals surface area contributed by atoms with Gasteiger partial charge in [0.1, 0.15) is 6.10 Å². The Morgan fingerprint density at radius 2 is 2.07 bits per heavy atom. The van der Waals surface area contributed by atoms with E-state index >= 15 is 0 Å². The van der Waals surface area contributed by atoms with E-state index in [2.05, 4.69) is 0 Å². The van der Waals surface area contributed by atoms with E-state index in [1.165, 1.54) is 6.92 Å². The van der Waals surface area contributed by atoms with Gasteiger partial charge in [0.15, 0.2) is 0 Å². The van der Waals surface area contributed by atoms with E-state index in [0.717, 1.165) is 0 Å². The largest absolute Gasteiger partial charge is 0.479 e. The lowest BCUT2D eigenvalue weighted by Crippen LogP contribution is -2.33. The highest BCUT2D eigenvalue weighted by molar-refractivity contribution is 5.83. The highest BCUT2D eigenvalue weighted by Gasteiger charge is 2.80. The number of carboxylic acid groups (broad SMARTS) is 1. The molecule has 2 saturated carbocycles. The number of carbonyl (C=O) groups excluding carboxylic acids is 1. The maximum atomic E-state index is 13.7. The third-order valence-electron chi connectivity index (χ3n) is 3.18. The minimum Gasteiger partial charge on any atom is -0.479 e. The molecular weight excluding hydrogens is 207 g/mol. The lowest BCUT2D eigenvalue weighted by Gasteiger charge is -2.17. The second kappa shape index (κ2) is 2.91. The molecule has 0 aliphatic heterocycles. The normalized spacial score (nSPS) is 47.1. The van der Waals surface area contributed by atoms with E-state index in [9.17, 15) is 19.1 Å². The predicted octanol–water partition coefficient (Wildman–Crippen LogP) is -0.278. The van der Waals surface area contributed by atoms with E-state index in [-0.39, 0.29) is 6.42 Å². The van der Waals surface area contributed by atoms with Crippen molar-refractivity contribution in [1.29, 1.82) is 0 Å². The van der Waals surface area contributed by atoms with Crippen molar-refractivity contribution < 1.29 is 28.9 Å². The summed E-state index contributed by atoms with van der Waals surface area (Å²) in [7, 11) is 0. The number of aliphatic hydroxyl groups excluding tert-OH is 1. The molecule has 0 heterocycles. The quantitative estimate of drug-likeness (QED) is 0.623. The average Bonchev–Trinajstić information content (AvgIpc) is 2.58. The summed E-state index contributed by atoms with van der Waals surface area (Å²) in [6.07, 6.45) is -1.74. The summed E-state index contributed by atoms with van der Waals surface area (Å²) in [5.41, 5.74) is -2.42. The van der Waals surface area contributed by atoms with Crippen molar-refractivity contribution in [2.75, 3.05) is 0 Å². The maximum Gasteiger partial charge on any atom is 0.342 e. The van der Waals surface area contributed by atoms with Crippen LogP contribution in [0.5, 0.6) is 0 Å². The predicted molar refractivity (Wildman–Crippen MR) is 44.6 cm³/mol. The van der Waals surface area contributed by atoms with Gasteiger partial charge in [0.25, 0.3) is 0 Å². The molecule has 6 heteroatoms. The van der Waals surface area contributed by atoms with E-state index in [1.54, 1.807) is 0 Å². The van der Waals surface area contributed by atoms with Gasteiger partial charge in [-0.2, -0.15) is 0 Å². The Hall–Kier alpha value is -1.17. The molecule has 84 valence electrons. The number of hydrogen-bond acceptors (Lipinski definition) is 4. The fourth-order valence-electron chi connectivity index (χ4n) is 2.58. The zero-order valence-corrected chi connectivity index (χ0v) is 8.01. The molecule has 2 rings (SSSR count). The summed E-state index contributed by atoms with van der Waals surface area (Å²) < 4.78 is 18.5. The SMILES string of the molecule is CC(=O)O[C@H]1C[C@@H](O)[C@H]2[C@@H]1[C@]2(F)C(=O)O. The number of hydrogen-bond donors (Lipinski definition) is 2. The van der Waals surface area contributed by atoms with Crippen LogP contribution in [0.2, 0.25) is 0 Å². The van der Waals surface area contributed by atoms with Crippen molar-refractivity contribution in [3.05, 3.63) is 0 Å². The summed E-state index contributed by atoms with van der Waals surface area (Å²) >= 11 is 0. The topological polar surface area (TPSA) is 83.8 Å². The number of aliphatic hydroxyl groups is 1. The number of esters is 1. The van der Waals surface area contributed by atoms with Gasteiger partial charge >= 0.3 is 11.9 Å². The van der Waals surface area contributed by atoms with Gasteiger partial charge in [0.2, 0.25) is 5.67 Å². The molecule has 5 atom stereocenters. The number of carboxylic acids is 1. The summed E-state index contributed by atoms with van der Waals surface area (Å²) in [6, 6.07) is 0. The molecule has 5 nitrogen and oxygen atoms in total. The van der Waals surface area contributed by atoms with Crippen molar-refractivity contribution in [3.8, 4) is 0 Å². The molecule has 0 aromatic rings. The van der Waals surface area contributed by atoms with E-state index in [4.69, 9.17) is 9.84 Å². The van der Waals surface area contributed by atoms with Crippen LogP contribution in [-0.2, 0) is 14.3 Å². The Morgan fingerprint density at radius 3 is 2.47 bits per heavy atom. The van der Waals surface area contributed by atoms with E-state index in [1.807, 2.05) is 0 Å². The molecule has 0 amide bonds. The number of aliphatic carboxylic acids is 1. The molecule has 0 aromatic carbocycles. The first-order chi connectivity index (χ1) is 6.89. The van der Waals surface area contributed by atoms with Crippen molar-refractivity contribution in [2.24, 2.45) is 11.8 Å². The van der Waals surface area contributed by atoms with Crippen LogP contribution in [-0.4, -0.2) is 40.0 Å². The second-order valence-electron chi connectivity index (χ2n) is 4.08. The Kier molecular flexibility index (Phi) is 2.01. The summed E-state index contributed by atoms with van der Waals surface area (Å²) in [6.45, 7) is 1.17. The third kappa shape index (κ3) is 1.24. The van der Waals surface area contributed by atoms with Gasteiger partial charge in [-0.25, -0.2) is 9.18 Å². The molecule has 2 aliphatic rings. The van der Waals surface area contributed by atoms with Crippen molar-refractivity contribution in [2.45, 2.75) is 31.2 Å². The van der Waals surface area contributed by atoms with Gasteiger partial charge in [-0.3, -0.25) is 4.79 Å². The highest BCUT2D eigenvalue weighted by atomic mass is 19.1. The number of halogens is 1. The Labute approximate surface area is 84.8 Å². The van der Waals surface area contributed by atoms with Gasteiger partial charge in [-0.05, 0) is 0 Å². The molecule has 2 fully saturated rings. The van der Waals surface area contributed by atoms with Crippen LogP contribution in [0.3, 0.4) is 0 Å².